The molecule has 0 unspecified atom stereocenters. The first-order valence-corrected chi connectivity index (χ1v) is 8.73. The van der Waals surface area contributed by atoms with Crippen molar-refractivity contribution < 1.29 is 14.4 Å². The van der Waals surface area contributed by atoms with Crippen LogP contribution in [0.4, 0.5) is 5.69 Å². The van der Waals surface area contributed by atoms with Crippen LogP contribution < -0.4 is 10.6 Å². The zero-order valence-corrected chi connectivity index (χ0v) is 15.3. The van der Waals surface area contributed by atoms with E-state index in [1.807, 2.05) is 12.1 Å². The molecule has 0 atom stereocenters. The van der Waals surface area contributed by atoms with E-state index in [9.17, 15) is 14.4 Å². The smallest absolute Gasteiger partial charge is 0.255 e. The summed E-state index contributed by atoms with van der Waals surface area (Å²) >= 11 is 0. The summed E-state index contributed by atoms with van der Waals surface area (Å²) < 4.78 is 0. The molecule has 0 radical (unpaired) electrons. The van der Waals surface area contributed by atoms with Crippen LogP contribution in [0, 0.1) is 0 Å². The Morgan fingerprint density at radius 1 is 0.821 bits per heavy atom. The number of benzene rings is 2. The highest BCUT2D eigenvalue weighted by molar-refractivity contribution is 6.06. The maximum Gasteiger partial charge on any atom is 0.255 e. The number of anilines is 1. The normalized spacial score (nSPS) is 10.2. The summed E-state index contributed by atoms with van der Waals surface area (Å²) in [5.41, 5.74) is 2.64. The van der Waals surface area contributed by atoms with Gasteiger partial charge < -0.3 is 10.6 Å². The summed E-state index contributed by atoms with van der Waals surface area (Å²) in [6, 6.07) is 18.6. The maximum absolute atomic E-state index is 12.5. The number of pyridine rings is 1. The molecular formula is C22H19N3O3. The lowest BCUT2D eigenvalue weighted by molar-refractivity contribution is 0.0949. The lowest BCUT2D eigenvalue weighted by Crippen LogP contribution is -2.23. The average Bonchev–Trinajstić information content (AvgIpc) is 2.73. The molecule has 2 amide bonds. The SMILES string of the molecule is CC(=O)c1ccc(NC(=O)c2cccc(C(=O)NCc3ccccn3)c2)cc1. The minimum Gasteiger partial charge on any atom is -0.346 e. The highest BCUT2D eigenvalue weighted by Crippen LogP contribution is 2.13. The van der Waals surface area contributed by atoms with Gasteiger partial charge in [0.25, 0.3) is 11.8 Å². The molecular weight excluding hydrogens is 354 g/mol. The van der Waals surface area contributed by atoms with E-state index in [0.717, 1.165) is 5.69 Å². The van der Waals surface area contributed by atoms with E-state index < -0.39 is 0 Å². The van der Waals surface area contributed by atoms with Crippen molar-refractivity contribution in [3.63, 3.8) is 0 Å². The molecule has 3 aromatic rings. The molecule has 6 nitrogen and oxygen atoms in total. The fourth-order valence-corrected chi connectivity index (χ4v) is 2.57. The molecule has 0 spiro atoms. The third kappa shape index (κ3) is 4.88. The average molecular weight is 373 g/mol. The first-order valence-electron chi connectivity index (χ1n) is 8.73. The van der Waals surface area contributed by atoms with Crippen LogP contribution in [0.25, 0.3) is 0 Å². The summed E-state index contributed by atoms with van der Waals surface area (Å²) in [7, 11) is 0. The van der Waals surface area contributed by atoms with Crippen molar-refractivity contribution >= 4 is 23.3 Å². The number of Topliss-reactive ketones (excluding diaryl/α,β-unsaturated/α-hetero) is 1. The number of nitrogens with zero attached hydrogens (tertiary/aromatic N) is 1. The minimum absolute atomic E-state index is 0.0395. The van der Waals surface area contributed by atoms with Crippen molar-refractivity contribution in [3.05, 3.63) is 95.3 Å². The van der Waals surface area contributed by atoms with Crippen LogP contribution in [0.1, 0.15) is 43.7 Å². The first-order chi connectivity index (χ1) is 13.5. The second-order valence-corrected chi connectivity index (χ2v) is 6.17. The predicted molar refractivity (Wildman–Crippen MR) is 106 cm³/mol. The standard InChI is InChI=1S/C22H19N3O3/c1-15(26)16-8-10-19(11-9-16)25-22(28)18-6-4-5-17(13-18)21(27)24-14-20-7-2-3-12-23-20/h2-13H,14H2,1H3,(H,24,27)(H,25,28). The number of aromatic nitrogens is 1. The Labute approximate surface area is 162 Å². The molecule has 0 bridgehead atoms. The molecule has 0 saturated heterocycles. The molecule has 28 heavy (non-hydrogen) atoms. The third-order valence-corrected chi connectivity index (χ3v) is 4.09. The zero-order chi connectivity index (χ0) is 19.9. The van der Waals surface area contributed by atoms with Gasteiger partial charge in [0.1, 0.15) is 0 Å². The van der Waals surface area contributed by atoms with Gasteiger partial charge in [-0.2, -0.15) is 0 Å². The van der Waals surface area contributed by atoms with Gasteiger partial charge in [0.05, 0.1) is 12.2 Å². The molecule has 2 N–H and O–H groups in total. The van der Waals surface area contributed by atoms with Gasteiger partial charge in [0.2, 0.25) is 0 Å². The molecule has 0 aliphatic heterocycles. The molecule has 0 fully saturated rings. The van der Waals surface area contributed by atoms with Crippen molar-refractivity contribution in [3.8, 4) is 0 Å². The predicted octanol–water partition coefficient (Wildman–Crippen LogP) is 3.47. The van der Waals surface area contributed by atoms with Crippen LogP contribution in [-0.2, 0) is 6.54 Å². The number of ketones is 1. The number of nitrogens with one attached hydrogen (secondary N) is 2. The van der Waals surface area contributed by atoms with Crippen LogP contribution in [0.5, 0.6) is 0 Å². The summed E-state index contributed by atoms with van der Waals surface area (Å²) in [6.45, 7) is 1.79. The third-order valence-electron chi connectivity index (χ3n) is 4.09. The maximum atomic E-state index is 12.5. The van der Waals surface area contributed by atoms with E-state index in [1.54, 1.807) is 54.7 Å². The monoisotopic (exact) mass is 373 g/mol. The Hall–Kier alpha value is -3.80. The van der Waals surface area contributed by atoms with Gasteiger partial charge in [-0.15, -0.1) is 0 Å². The molecule has 0 aliphatic carbocycles. The van der Waals surface area contributed by atoms with E-state index in [2.05, 4.69) is 15.6 Å². The molecule has 1 heterocycles. The number of carbonyl (C=O) groups excluding carboxylic acids is 3. The Morgan fingerprint density at radius 2 is 1.54 bits per heavy atom. The van der Waals surface area contributed by atoms with Crippen LogP contribution >= 0.6 is 0 Å². The van der Waals surface area contributed by atoms with Gasteiger partial charge >= 0.3 is 0 Å². The van der Waals surface area contributed by atoms with E-state index in [-0.39, 0.29) is 17.6 Å². The Balaban J connectivity index is 1.65. The van der Waals surface area contributed by atoms with Crippen molar-refractivity contribution in [1.82, 2.24) is 10.3 Å². The van der Waals surface area contributed by atoms with E-state index in [0.29, 0.717) is 28.9 Å². The Kier molecular flexibility index (Phi) is 5.91. The fraction of sp³-hybridized carbons (Fsp3) is 0.0909. The minimum atomic E-state index is -0.338. The zero-order valence-electron chi connectivity index (χ0n) is 15.3. The first kappa shape index (κ1) is 19.0. The van der Waals surface area contributed by atoms with Gasteiger partial charge in [0, 0.05) is 28.6 Å². The number of hydrogen-bond acceptors (Lipinski definition) is 4. The quantitative estimate of drug-likeness (QED) is 0.648. The van der Waals surface area contributed by atoms with Crippen molar-refractivity contribution in [2.24, 2.45) is 0 Å². The van der Waals surface area contributed by atoms with E-state index >= 15 is 0 Å². The van der Waals surface area contributed by atoms with Gasteiger partial charge in [-0.3, -0.25) is 19.4 Å². The van der Waals surface area contributed by atoms with Crippen LogP contribution in [0.3, 0.4) is 0 Å². The number of hydrogen-bond donors (Lipinski definition) is 2. The fourth-order valence-electron chi connectivity index (χ4n) is 2.57. The van der Waals surface area contributed by atoms with Crippen LogP contribution in [0.2, 0.25) is 0 Å². The lowest BCUT2D eigenvalue weighted by atomic mass is 10.1. The number of rotatable bonds is 6. The van der Waals surface area contributed by atoms with Crippen LogP contribution in [-0.4, -0.2) is 22.6 Å². The molecule has 6 heteroatoms. The molecule has 0 aliphatic rings. The highest BCUT2D eigenvalue weighted by atomic mass is 16.2. The largest absolute Gasteiger partial charge is 0.346 e. The Bertz CT molecular complexity index is 999. The summed E-state index contributed by atoms with van der Waals surface area (Å²) in [4.78, 5) is 40.3. The van der Waals surface area contributed by atoms with Gasteiger partial charge in [-0.25, -0.2) is 0 Å². The van der Waals surface area contributed by atoms with E-state index in [4.69, 9.17) is 0 Å². The summed E-state index contributed by atoms with van der Waals surface area (Å²) in [6.07, 6.45) is 1.66. The van der Waals surface area contributed by atoms with E-state index in [1.165, 1.54) is 13.0 Å². The topological polar surface area (TPSA) is 88.2 Å². The lowest BCUT2D eigenvalue weighted by Gasteiger charge is -2.08. The second kappa shape index (κ2) is 8.73. The van der Waals surface area contributed by atoms with Crippen molar-refractivity contribution in [2.75, 3.05) is 5.32 Å². The number of amides is 2. The molecule has 3 rings (SSSR count). The van der Waals surface area contributed by atoms with Gasteiger partial charge in [-0.1, -0.05) is 12.1 Å². The highest BCUT2D eigenvalue weighted by Gasteiger charge is 2.11. The second-order valence-electron chi connectivity index (χ2n) is 6.17. The summed E-state index contributed by atoms with van der Waals surface area (Å²) in [5, 5.41) is 5.54. The van der Waals surface area contributed by atoms with Crippen molar-refractivity contribution in [1.29, 1.82) is 0 Å². The number of carbonyl (C=O) groups is 3. The molecule has 1 aromatic heterocycles. The molecule has 0 saturated carbocycles. The Morgan fingerprint density at radius 3 is 2.18 bits per heavy atom. The van der Waals surface area contributed by atoms with Crippen LogP contribution in [0.15, 0.2) is 72.9 Å². The molecule has 2 aromatic carbocycles. The summed E-state index contributed by atoms with van der Waals surface area (Å²) in [5.74, 6) is -0.664. The van der Waals surface area contributed by atoms with Gasteiger partial charge in [-0.05, 0) is 61.5 Å². The molecule has 140 valence electrons. The van der Waals surface area contributed by atoms with Crippen molar-refractivity contribution in [2.45, 2.75) is 13.5 Å². The van der Waals surface area contributed by atoms with Gasteiger partial charge in [0.15, 0.2) is 5.78 Å².